The van der Waals surface area contributed by atoms with Crippen molar-refractivity contribution in [3.63, 3.8) is 0 Å². The fourth-order valence-corrected chi connectivity index (χ4v) is 1.74. The third-order valence-electron chi connectivity index (χ3n) is 2.50. The molecule has 1 N–H and O–H groups in total. The summed E-state index contributed by atoms with van der Waals surface area (Å²) in [6, 6.07) is 9.00. The summed E-state index contributed by atoms with van der Waals surface area (Å²) in [5.74, 6) is -0.835. The molecule has 1 aliphatic rings. The molecule has 4 heteroatoms. The van der Waals surface area contributed by atoms with Gasteiger partial charge in [-0.3, -0.25) is 0 Å². The zero-order chi connectivity index (χ0) is 10.7. The lowest BCUT2D eigenvalue weighted by Crippen LogP contribution is -2.50. The van der Waals surface area contributed by atoms with Crippen LogP contribution in [0.1, 0.15) is 0 Å². The molecule has 1 atom stereocenters. The quantitative estimate of drug-likeness (QED) is 0.785. The summed E-state index contributed by atoms with van der Waals surface area (Å²) in [6.07, 6.45) is 0. The molecule has 1 fully saturated rings. The summed E-state index contributed by atoms with van der Waals surface area (Å²) in [4.78, 5) is 12.9. The van der Waals surface area contributed by atoms with Crippen LogP contribution in [0.15, 0.2) is 30.3 Å². The van der Waals surface area contributed by atoms with Crippen LogP contribution in [0.5, 0.6) is 0 Å². The van der Waals surface area contributed by atoms with E-state index in [1.807, 2.05) is 35.2 Å². The second-order valence-electron chi connectivity index (χ2n) is 3.46. The molecular weight excluding hydrogens is 194 g/mol. The third kappa shape index (κ3) is 2.10. The molecule has 2 rings (SSSR count). The molecule has 1 unspecified atom stereocenters. The number of nitrogens with zero attached hydrogens (tertiary/aromatic N) is 1. The molecule has 0 aromatic heterocycles. The number of ether oxygens (including phenoxy) is 1. The Balaban J connectivity index is 2.22. The number of aliphatic carboxylic acids is 1. The highest BCUT2D eigenvalue weighted by Crippen LogP contribution is 2.19. The minimum Gasteiger partial charge on any atom is -0.480 e. The van der Waals surface area contributed by atoms with Gasteiger partial charge < -0.3 is 14.7 Å². The van der Waals surface area contributed by atoms with Crippen LogP contribution in [0.3, 0.4) is 0 Å². The Labute approximate surface area is 88.1 Å². The number of hydrogen-bond acceptors (Lipinski definition) is 3. The maximum Gasteiger partial charge on any atom is 0.328 e. The number of carboxylic acids is 1. The first-order chi connectivity index (χ1) is 7.29. The van der Waals surface area contributed by atoms with Crippen molar-refractivity contribution in [2.75, 3.05) is 24.7 Å². The van der Waals surface area contributed by atoms with E-state index in [0.29, 0.717) is 13.2 Å². The summed E-state index contributed by atoms with van der Waals surface area (Å²) in [6.45, 7) is 1.46. The summed E-state index contributed by atoms with van der Waals surface area (Å²) in [5, 5.41) is 9.05. The van der Waals surface area contributed by atoms with Gasteiger partial charge in [-0.25, -0.2) is 4.79 Å². The Kier molecular flexibility index (Phi) is 2.87. The monoisotopic (exact) mass is 207 g/mol. The largest absolute Gasteiger partial charge is 0.480 e. The first-order valence-corrected chi connectivity index (χ1v) is 4.91. The number of anilines is 1. The first kappa shape index (κ1) is 9.98. The van der Waals surface area contributed by atoms with Crippen LogP contribution in [0.2, 0.25) is 0 Å². The minimum absolute atomic E-state index is 0.254. The van der Waals surface area contributed by atoms with Crippen molar-refractivity contribution >= 4 is 11.7 Å². The summed E-state index contributed by atoms with van der Waals surface area (Å²) in [7, 11) is 0. The number of para-hydroxylation sites is 1. The van der Waals surface area contributed by atoms with E-state index in [-0.39, 0.29) is 6.61 Å². The zero-order valence-electron chi connectivity index (χ0n) is 8.30. The normalized spacial score (nSPS) is 21.3. The second kappa shape index (κ2) is 4.31. The molecule has 0 amide bonds. The molecule has 0 spiro atoms. The zero-order valence-corrected chi connectivity index (χ0v) is 8.30. The lowest BCUT2D eigenvalue weighted by molar-refractivity contribution is -0.141. The Morgan fingerprint density at radius 3 is 2.80 bits per heavy atom. The molecule has 4 nitrogen and oxygen atoms in total. The summed E-state index contributed by atoms with van der Waals surface area (Å²) >= 11 is 0. The van der Waals surface area contributed by atoms with Gasteiger partial charge in [0, 0.05) is 12.2 Å². The van der Waals surface area contributed by atoms with Gasteiger partial charge in [0.1, 0.15) is 0 Å². The fraction of sp³-hybridized carbons (Fsp3) is 0.364. The molecule has 80 valence electrons. The highest BCUT2D eigenvalue weighted by molar-refractivity contribution is 5.78. The van der Waals surface area contributed by atoms with Crippen molar-refractivity contribution in [2.24, 2.45) is 0 Å². The maximum absolute atomic E-state index is 11.0. The standard InChI is InChI=1S/C11H13NO3/c13-11(14)10-8-15-7-6-12(10)9-4-2-1-3-5-9/h1-5,10H,6-8H2,(H,13,14). The SMILES string of the molecule is O=C(O)C1COCCN1c1ccccc1. The molecule has 1 aromatic rings. The first-order valence-electron chi connectivity index (χ1n) is 4.91. The average molecular weight is 207 g/mol. The molecule has 15 heavy (non-hydrogen) atoms. The van der Waals surface area contributed by atoms with E-state index in [2.05, 4.69) is 0 Å². The number of rotatable bonds is 2. The van der Waals surface area contributed by atoms with Gasteiger partial charge >= 0.3 is 5.97 Å². The lowest BCUT2D eigenvalue weighted by Gasteiger charge is -2.34. The molecule has 0 radical (unpaired) electrons. The Hall–Kier alpha value is -1.55. The Morgan fingerprint density at radius 1 is 1.40 bits per heavy atom. The van der Waals surface area contributed by atoms with Crippen molar-refractivity contribution in [3.05, 3.63) is 30.3 Å². The van der Waals surface area contributed by atoms with Crippen molar-refractivity contribution in [3.8, 4) is 0 Å². The average Bonchev–Trinajstić information content (AvgIpc) is 2.30. The van der Waals surface area contributed by atoms with E-state index in [1.54, 1.807) is 0 Å². The predicted molar refractivity (Wildman–Crippen MR) is 56.0 cm³/mol. The van der Waals surface area contributed by atoms with Gasteiger partial charge in [0.25, 0.3) is 0 Å². The second-order valence-corrected chi connectivity index (χ2v) is 3.46. The van der Waals surface area contributed by atoms with Gasteiger partial charge in [0.15, 0.2) is 6.04 Å². The predicted octanol–water partition coefficient (Wildman–Crippen LogP) is 0.976. The summed E-state index contributed by atoms with van der Waals surface area (Å²) in [5.41, 5.74) is 0.938. The van der Waals surface area contributed by atoms with Crippen LogP contribution in [-0.2, 0) is 9.53 Å². The number of hydrogen-bond donors (Lipinski definition) is 1. The van der Waals surface area contributed by atoms with E-state index in [4.69, 9.17) is 9.84 Å². The molecule has 0 bridgehead atoms. The van der Waals surface area contributed by atoms with Gasteiger partial charge in [0.2, 0.25) is 0 Å². The van der Waals surface area contributed by atoms with Crippen molar-refractivity contribution in [2.45, 2.75) is 6.04 Å². The van der Waals surface area contributed by atoms with Crippen molar-refractivity contribution in [1.82, 2.24) is 0 Å². The van der Waals surface area contributed by atoms with Crippen LogP contribution >= 0.6 is 0 Å². The van der Waals surface area contributed by atoms with Crippen LogP contribution in [0.25, 0.3) is 0 Å². The Morgan fingerprint density at radius 2 is 2.13 bits per heavy atom. The number of carboxylic acid groups (broad SMARTS) is 1. The van der Waals surface area contributed by atoms with Crippen molar-refractivity contribution in [1.29, 1.82) is 0 Å². The van der Waals surface area contributed by atoms with Gasteiger partial charge in [-0.1, -0.05) is 18.2 Å². The molecule has 1 saturated heterocycles. The molecule has 1 heterocycles. The molecule has 0 aliphatic carbocycles. The van der Waals surface area contributed by atoms with E-state index in [9.17, 15) is 4.79 Å². The van der Waals surface area contributed by atoms with Gasteiger partial charge in [0.05, 0.1) is 13.2 Å². The highest BCUT2D eigenvalue weighted by Gasteiger charge is 2.28. The highest BCUT2D eigenvalue weighted by atomic mass is 16.5. The van der Waals surface area contributed by atoms with E-state index >= 15 is 0 Å². The molecule has 1 aliphatic heterocycles. The Bertz CT molecular complexity index is 339. The minimum atomic E-state index is -0.835. The van der Waals surface area contributed by atoms with E-state index in [1.165, 1.54) is 0 Å². The fourth-order valence-electron chi connectivity index (χ4n) is 1.74. The van der Waals surface area contributed by atoms with Crippen molar-refractivity contribution < 1.29 is 14.6 Å². The smallest absolute Gasteiger partial charge is 0.328 e. The van der Waals surface area contributed by atoms with E-state index < -0.39 is 12.0 Å². The molecule has 1 aromatic carbocycles. The number of morpholine rings is 1. The maximum atomic E-state index is 11.0. The molecule has 0 saturated carbocycles. The van der Waals surface area contributed by atoms with E-state index in [0.717, 1.165) is 5.69 Å². The van der Waals surface area contributed by atoms with Crippen LogP contribution < -0.4 is 4.90 Å². The molecular formula is C11H13NO3. The number of carbonyl (C=O) groups is 1. The lowest BCUT2D eigenvalue weighted by atomic mass is 10.2. The van der Waals surface area contributed by atoms with Gasteiger partial charge in [-0.15, -0.1) is 0 Å². The summed E-state index contributed by atoms with van der Waals surface area (Å²) < 4.78 is 5.17. The topological polar surface area (TPSA) is 49.8 Å². The van der Waals surface area contributed by atoms with Gasteiger partial charge in [-0.2, -0.15) is 0 Å². The van der Waals surface area contributed by atoms with Gasteiger partial charge in [-0.05, 0) is 12.1 Å². The third-order valence-corrected chi connectivity index (χ3v) is 2.50. The van der Waals surface area contributed by atoms with Crippen LogP contribution in [0, 0.1) is 0 Å². The number of benzene rings is 1. The van der Waals surface area contributed by atoms with Crippen LogP contribution in [0.4, 0.5) is 5.69 Å². The van der Waals surface area contributed by atoms with Crippen LogP contribution in [-0.4, -0.2) is 36.9 Å².